The van der Waals surface area contributed by atoms with Crippen molar-refractivity contribution in [2.24, 2.45) is 10.5 Å². The van der Waals surface area contributed by atoms with Crippen LogP contribution in [0.1, 0.15) is 31.7 Å². The zero-order valence-electron chi connectivity index (χ0n) is 22.7. The Morgan fingerprint density at radius 2 is 1.68 bits per heavy atom. The maximum Gasteiger partial charge on any atom is 0.240 e. The van der Waals surface area contributed by atoms with E-state index in [2.05, 4.69) is 32.9 Å². The molecule has 1 fully saturated rings. The van der Waals surface area contributed by atoms with Gasteiger partial charge in [0.2, 0.25) is 17.7 Å². The lowest BCUT2D eigenvalue weighted by Gasteiger charge is -2.38. The van der Waals surface area contributed by atoms with Crippen LogP contribution in [0.3, 0.4) is 0 Å². The molecule has 12 heteroatoms. The van der Waals surface area contributed by atoms with Gasteiger partial charge in [0.15, 0.2) is 11.5 Å². The van der Waals surface area contributed by atoms with Gasteiger partial charge in [0.1, 0.15) is 22.0 Å². The molecule has 1 aliphatic carbocycles. The number of aromatic nitrogens is 1. The lowest BCUT2D eigenvalue weighted by molar-refractivity contribution is -0.142. The highest BCUT2D eigenvalue weighted by atomic mass is 35.5. The van der Waals surface area contributed by atoms with Crippen LogP contribution < -0.4 is 30.3 Å². The van der Waals surface area contributed by atoms with Crippen molar-refractivity contribution in [2.45, 2.75) is 26.2 Å². The SMILES string of the molecule is C=NNc1cc(OC)c(OC)cc1/C(=C\C)Oc1ncc(NC(=O)C2(C(=O)Nc3ccc(F)cc3)CCC2)cc1Cl. The highest BCUT2D eigenvalue weighted by molar-refractivity contribution is 6.32. The van der Waals surface area contributed by atoms with Crippen LogP contribution in [0, 0.1) is 11.2 Å². The Balaban J connectivity index is 1.51. The van der Waals surface area contributed by atoms with Crippen LogP contribution >= 0.6 is 11.6 Å². The lowest BCUT2D eigenvalue weighted by atomic mass is 9.67. The minimum atomic E-state index is -1.26. The average Bonchev–Trinajstić information content (AvgIpc) is 2.93. The summed E-state index contributed by atoms with van der Waals surface area (Å²) in [6, 6.07) is 10.2. The van der Waals surface area contributed by atoms with Crippen molar-refractivity contribution >= 4 is 53.0 Å². The predicted molar refractivity (Wildman–Crippen MR) is 156 cm³/mol. The van der Waals surface area contributed by atoms with Crippen LogP contribution in [-0.4, -0.2) is 37.7 Å². The molecule has 1 heterocycles. The zero-order valence-corrected chi connectivity index (χ0v) is 23.5. The molecule has 1 aliphatic rings. The lowest BCUT2D eigenvalue weighted by Crippen LogP contribution is -2.50. The molecule has 0 radical (unpaired) electrons. The summed E-state index contributed by atoms with van der Waals surface area (Å²) in [5.74, 6) is 0.0360. The van der Waals surface area contributed by atoms with Crippen molar-refractivity contribution in [3.8, 4) is 17.4 Å². The van der Waals surface area contributed by atoms with E-state index in [9.17, 15) is 14.0 Å². The number of halogens is 2. The maximum absolute atomic E-state index is 13.2. The van der Waals surface area contributed by atoms with Crippen molar-refractivity contribution in [1.82, 2.24) is 4.98 Å². The number of benzene rings is 2. The van der Waals surface area contributed by atoms with Gasteiger partial charge in [-0.05, 0) is 62.2 Å². The number of hydrazone groups is 1. The third kappa shape index (κ3) is 6.25. The van der Waals surface area contributed by atoms with Crippen LogP contribution in [0.5, 0.6) is 17.4 Å². The Morgan fingerprint density at radius 3 is 2.22 bits per heavy atom. The highest BCUT2D eigenvalue weighted by Gasteiger charge is 2.51. The number of carbonyl (C=O) groups is 2. The van der Waals surface area contributed by atoms with Gasteiger partial charge in [0, 0.05) is 24.0 Å². The number of anilines is 3. The van der Waals surface area contributed by atoms with Gasteiger partial charge in [0.05, 0.1) is 31.8 Å². The first-order valence-electron chi connectivity index (χ1n) is 12.6. The van der Waals surface area contributed by atoms with E-state index in [4.69, 9.17) is 25.8 Å². The Kier molecular flexibility index (Phi) is 9.08. The number of hydrogen-bond acceptors (Lipinski definition) is 8. The molecule has 1 saturated carbocycles. The number of nitrogens with one attached hydrogen (secondary N) is 3. The summed E-state index contributed by atoms with van der Waals surface area (Å²) in [6.07, 6.45) is 4.57. The number of allylic oxidation sites excluding steroid dienone is 1. The standard InChI is InChI=1S/C29H29ClFN5O5/c1-5-23(20-14-24(39-3)25(40-4)15-22(20)36-32-2)41-26-21(30)13-19(16-33-26)35-28(38)29(11-6-12-29)27(37)34-18-9-7-17(31)8-10-18/h5,7-10,13-16,36H,2,6,11-12H2,1,3-4H3,(H,34,37)(H,35,38)/b23-5+. The summed E-state index contributed by atoms with van der Waals surface area (Å²) in [5, 5.41) is 9.32. The summed E-state index contributed by atoms with van der Waals surface area (Å²) in [6.45, 7) is 5.25. The fraction of sp³-hybridized carbons (Fsp3) is 0.241. The number of nitrogens with zero attached hydrogens (tertiary/aromatic N) is 2. The third-order valence-electron chi connectivity index (χ3n) is 6.70. The summed E-state index contributed by atoms with van der Waals surface area (Å²) >= 11 is 6.49. The van der Waals surface area contributed by atoms with Gasteiger partial charge in [-0.2, -0.15) is 5.10 Å². The Bertz CT molecular complexity index is 1490. The molecular weight excluding hydrogens is 553 g/mol. The molecule has 3 N–H and O–H groups in total. The maximum atomic E-state index is 13.2. The molecule has 2 amide bonds. The average molecular weight is 582 g/mol. The molecule has 10 nitrogen and oxygen atoms in total. The molecule has 214 valence electrons. The number of amides is 2. The second kappa shape index (κ2) is 12.7. The molecule has 4 rings (SSSR count). The number of rotatable bonds is 11. The first-order valence-corrected chi connectivity index (χ1v) is 13.0. The highest BCUT2D eigenvalue weighted by Crippen LogP contribution is 2.43. The van der Waals surface area contributed by atoms with E-state index in [1.165, 1.54) is 50.7 Å². The molecule has 0 bridgehead atoms. The predicted octanol–water partition coefficient (Wildman–Crippen LogP) is 6.11. The molecule has 41 heavy (non-hydrogen) atoms. The smallest absolute Gasteiger partial charge is 0.240 e. The number of pyridine rings is 1. The molecule has 0 spiro atoms. The van der Waals surface area contributed by atoms with Crippen LogP contribution in [0.4, 0.5) is 21.5 Å². The molecule has 0 saturated heterocycles. The fourth-order valence-corrected chi connectivity index (χ4v) is 4.53. The molecule has 1 aromatic heterocycles. The molecular formula is C29H29ClFN5O5. The van der Waals surface area contributed by atoms with E-state index in [-0.39, 0.29) is 10.9 Å². The van der Waals surface area contributed by atoms with Gasteiger partial charge in [-0.1, -0.05) is 18.0 Å². The second-order valence-corrected chi connectivity index (χ2v) is 9.55. The number of methoxy groups -OCH3 is 2. The van der Waals surface area contributed by atoms with Gasteiger partial charge in [-0.15, -0.1) is 0 Å². The Labute approximate surface area is 241 Å². The van der Waals surface area contributed by atoms with E-state index >= 15 is 0 Å². The number of carbonyl (C=O) groups excluding carboxylic acids is 2. The summed E-state index contributed by atoms with van der Waals surface area (Å²) in [7, 11) is 3.03. The topological polar surface area (TPSA) is 123 Å². The van der Waals surface area contributed by atoms with Gasteiger partial charge >= 0.3 is 0 Å². The quantitative estimate of drug-likeness (QED) is 0.108. The molecule has 2 aromatic carbocycles. The zero-order chi connectivity index (χ0) is 29.6. The van der Waals surface area contributed by atoms with E-state index in [1.54, 1.807) is 25.1 Å². The van der Waals surface area contributed by atoms with Gasteiger partial charge in [-0.3, -0.25) is 15.0 Å². The first-order chi connectivity index (χ1) is 19.7. The molecule has 0 atom stereocenters. The minimum absolute atomic E-state index is 0.0810. The largest absolute Gasteiger partial charge is 0.493 e. The van der Waals surface area contributed by atoms with Crippen molar-refractivity contribution in [3.05, 3.63) is 71.1 Å². The molecule has 0 unspecified atom stereocenters. The Hall–Kier alpha value is -4.64. The van der Waals surface area contributed by atoms with Crippen LogP contribution in [-0.2, 0) is 9.59 Å². The van der Waals surface area contributed by atoms with Crippen molar-refractivity contribution in [1.29, 1.82) is 0 Å². The van der Waals surface area contributed by atoms with Gasteiger partial charge < -0.3 is 24.8 Å². The fourth-order valence-electron chi connectivity index (χ4n) is 4.33. The summed E-state index contributed by atoms with van der Waals surface area (Å²) in [4.78, 5) is 30.6. The Morgan fingerprint density at radius 1 is 1.05 bits per heavy atom. The van der Waals surface area contributed by atoms with Crippen molar-refractivity contribution in [3.63, 3.8) is 0 Å². The van der Waals surface area contributed by atoms with Crippen LogP contribution in [0.25, 0.3) is 5.76 Å². The molecule has 0 aliphatic heterocycles. The first kappa shape index (κ1) is 29.3. The number of hydrogen-bond donors (Lipinski definition) is 3. The van der Waals surface area contributed by atoms with E-state index in [0.29, 0.717) is 52.7 Å². The summed E-state index contributed by atoms with van der Waals surface area (Å²) in [5.41, 5.74) is 3.35. The van der Waals surface area contributed by atoms with Gasteiger partial charge in [0.25, 0.3) is 0 Å². The second-order valence-electron chi connectivity index (χ2n) is 9.14. The third-order valence-corrected chi connectivity index (χ3v) is 6.97. The van der Waals surface area contributed by atoms with Crippen LogP contribution in [0.2, 0.25) is 5.02 Å². The minimum Gasteiger partial charge on any atom is -0.493 e. The van der Waals surface area contributed by atoms with Crippen molar-refractivity contribution < 1.29 is 28.2 Å². The van der Waals surface area contributed by atoms with Crippen molar-refractivity contribution in [2.75, 3.05) is 30.3 Å². The molecule has 3 aromatic rings. The monoisotopic (exact) mass is 581 g/mol. The van der Waals surface area contributed by atoms with E-state index in [1.807, 2.05) is 0 Å². The van der Waals surface area contributed by atoms with E-state index < -0.39 is 23.0 Å². The summed E-state index contributed by atoms with van der Waals surface area (Å²) < 4.78 is 30.0. The normalized spacial score (nSPS) is 13.8. The van der Waals surface area contributed by atoms with E-state index in [0.717, 1.165) is 6.42 Å². The number of ether oxygens (including phenoxy) is 3. The van der Waals surface area contributed by atoms with Gasteiger partial charge in [-0.25, -0.2) is 9.37 Å². The van der Waals surface area contributed by atoms with Crippen LogP contribution in [0.15, 0.2) is 59.8 Å².